The summed E-state index contributed by atoms with van der Waals surface area (Å²) in [7, 11) is 0. The minimum absolute atomic E-state index is 1.07. The van der Waals surface area contributed by atoms with Crippen molar-refractivity contribution >= 4 is 17.4 Å². The molecule has 1 aliphatic carbocycles. The molecule has 0 saturated heterocycles. The molecular formula is C12H17NS. The minimum atomic E-state index is 1.07. The molecule has 0 spiro atoms. The van der Waals surface area contributed by atoms with Crippen LogP contribution in [0.3, 0.4) is 0 Å². The highest BCUT2D eigenvalue weighted by Crippen LogP contribution is 2.24. The second-order valence-electron chi connectivity index (χ2n) is 3.76. The summed E-state index contributed by atoms with van der Waals surface area (Å²) in [6.45, 7) is 1.07. The van der Waals surface area contributed by atoms with Gasteiger partial charge < -0.3 is 5.32 Å². The number of hydrogen-bond acceptors (Lipinski definition) is 2. The van der Waals surface area contributed by atoms with Crippen molar-refractivity contribution in [1.29, 1.82) is 0 Å². The Labute approximate surface area is 90.3 Å². The Morgan fingerprint density at radius 1 is 1.29 bits per heavy atom. The normalized spacial score (nSPS) is 14.1. The molecule has 0 aliphatic heterocycles. The number of rotatable bonds is 4. The molecule has 1 nitrogen and oxygen atoms in total. The molecule has 0 fully saturated rings. The van der Waals surface area contributed by atoms with Gasteiger partial charge in [-0.25, -0.2) is 0 Å². The summed E-state index contributed by atoms with van der Waals surface area (Å²) < 4.78 is 0. The lowest BCUT2D eigenvalue weighted by molar-refractivity contribution is 0.912. The molecule has 1 aromatic carbocycles. The smallest absolute Gasteiger partial charge is 0.0343 e. The predicted molar refractivity (Wildman–Crippen MR) is 65.3 cm³/mol. The Morgan fingerprint density at radius 2 is 2.14 bits per heavy atom. The number of anilines is 1. The van der Waals surface area contributed by atoms with E-state index in [0.717, 1.165) is 6.54 Å². The minimum Gasteiger partial charge on any atom is -0.384 e. The fourth-order valence-electron chi connectivity index (χ4n) is 1.98. The maximum absolute atomic E-state index is 3.45. The van der Waals surface area contributed by atoms with Gasteiger partial charge in [0.25, 0.3) is 0 Å². The average molecular weight is 207 g/mol. The summed E-state index contributed by atoms with van der Waals surface area (Å²) in [6, 6.07) is 6.82. The number of thioether (sulfide) groups is 1. The van der Waals surface area contributed by atoms with Crippen molar-refractivity contribution in [2.75, 3.05) is 23.9 Å². The summed E-state index contributed by atoms with van der Waals surface area (Å²) in [6.07, 6.45) is 6.03. The molecule has 1 aliphatic rings. The monoisotopic (exact) mass is 207 g/mol. The lowest BCUT2D eigenvalue weighted by atomic mass is 10.1. The summed E-state index contributed by atoms with van der Waals surface area (Å²) in [5, 5.41) is 3.45. The average Bonchev–Trinajstić information content (AvgIpc) is 2.65. The van der Waals surface area contributed by atoms with E-state index in [-0.39, 0.29) is 0 Å². The third-order valence-corrected chi connectivity index (χ3v) is 3.35. The van der Waals surface area contributed by atoms with E-state index in [1.165, 1.54) is 30.7 Å². The molecule has 0 amide bonds. The van der Waals surface area contributed by atoms with E-state index in [0.29, 0.717) is 0 Å². The molecule has 0 unspecified atom stereocenters. The van der Waals surface area contributed by atoms with Gasteiger partial charge in [0.05, 0.1) is 0 Å². The highest BCUT2D eigenvalue weighted by atomic mass is 32.2. The third kappa shape index (κ3) is 2.24. The van der Waals surface area contributed by atoms with Gasteiger partial charge in [0, 0.05) is 18.0 Å². The van der Waals surface area contributed by atoms with Crippen LogP contribution in [0.5, 0.6) is 0 Å². The van der Waals surface area contributed by atoms with Crippen molar-refractivity contribution in [1.82, 2.24) is 0 Å². The van der Waals surface area contributed by atoms with Crippen molar-refractivity contribution in [2.24, 2.45) is 0 Å². The Morgan fingerprint density at radius 3 is 3.00 bits per heavy atom. The van der Waals surface area contributed by atoms with Crippen molar-refractivity contribution in [3.05, 3.63) is 29.3 Å². The zero-order chi connectivity index (χ0) is 9.80. The summed E-state index contributed by atoms with van der Waals surface area (Å²) >= 11 is 1.88. The predicted octanol–water partition coefficient (Wildman–Crippen LogP) is 2.95. The van der Waals surface area contributed by atoms with Crippen LogP contribution < -0.4 is 5.32 Å². The fourth-order valence-corrected chi connectivity index (χ4v) is 2.29. The van der Waals surface area contributed by atoms with E-state index in [2.05, 4.69) is 29.8 Å². The first-order valence-corrected chi connectivity index (χ1v) is 6.64. The Hall–Kier alpha value is -0.630. The van der Waals surface area contributed by atoms with Crippen LogP contribution in [-0.4, -0.2) is 18.6 Å². The molecule has 0 atom stereocenters. The zero-order valence-electron chi connectivity index (χ0n) is 8.68. The van der Waals surface area contributed by atoms with E-state index in [4.69, 9.17) is 0 Å². The highest BCUT2D eigenvalue weighted by molar-refractivity contribution is 7.98. The zero-order valence-corrected chi connectivity index (χ0v) is 9.49. The standard InChI is InChI=1S/C12H17NS/c1-14-8-7-13-12-6-5-10-3-2-4-11(10)9-12/h5-6,9,13H,2-4,7-8H2,1H3. The SMILES string of the molecule is CSCCNc1ccc2c(c1)CCC2. The number of fused-ring (bicyclic) bond motifs is 1. The maximum Gasteiger partial charge on any atom is 0.0343 e. The van der Waals surface area contributed by atoms with Crippen LogP contribution in [0, 0.1) is 0 Å². The first-order chi connectivity index (χ1) is 6.90. The Kier molecular flexibility index (Phi) is 3.35. The summed E-state index contributed by atoms with van der Waals surface area (Å²) in [4.78, 5) is 0. The number of nitrogens with one attached hydrogen (secondary N) is 1. The largest absolute Gasteiger partial charge is 0.384 e. The first kappa shape index (κ1) is 9.91. The molecule has 0 saturated carbocycles. The van der Waals surface area contributed by atoms with Crippen molar-refractivity contribution < 1.29 is 0 Å². The fraction of sp³-hybridized carbons (Fsp3) is 0.500. The van der Waals surface area contributed by atoms with Gasteiger partial charge in [-0.05, 0) is 48.8 Å². The molecule has 1 aromatic rings. The molecule has 2 heteroatoms. The number of hydrogen-bond donors (Lipinski definition) is 1. The lowest BCUT2D eigenvalue weighted by Crippen LogP contribution is -2.03. The third-order valence-electron chi connectivity index (χ3n) is 2.73. The van der Waals surface area contributed by atoms with Crippen LogP contribution >= 0.6 is 11.8 Å². The van der Waals surface area contributed by atoms with Crippen LogP contribution in [0.1, 0.15) is 17.5 Å². The Balaban J connectivity index is 1.98. The van der Waals surface area contributed by atoms with Crippen LogP contribution in [-0.2, 0) is 12.8 Å². The molecule has 0 bridgehead atoms. The summed E-state index contributed by atoms with van der Waals surface area (Å²) in [5.74, 6) is 1.18. The van der Waals surface area contributed by atoms with E-state index < -0.39 is 0 Å². The molecule has 2 rings (SSSR count). The van der Waals surface area contributed by atoms with Crippen molar-refractivity contribution in [2.45, 2.75) is 19.3 Å². The topological polar surface area (TPSA) is 12.0 Å². The first-order valence-electron chi connectivity index (χ1n) is 5.25. The maximum atomic E-state index is 3.45. The lowest BCUT2D eigenvalue weighted by Gasteiger charge is -2.07. The quantitative estimate of drug-likeness (QED) is 0.762. The molecule has 0 aromatic heterocycles. The van der Waals surface area contributed by atoms with Crippen molar-refractivity contribution in [3.8, 4) is 0 Å². The van der Waals surface area contributed by atoms with E-state index in [9.17, 15) is 0 Å². The second-order valence-corrected chi connectivity index (χ2v) is 4.74. The number of benzene rings is 1. The number of aryl methyl sites for hydroxylation is 2. The van der Waals surface area contributed by atoms with Crippen LogP contribution in [0.4, 0.5) is 5.69 Å². The van der Waals surface area contributed by atoms with Gasteiger partial charge in [0.15, 0.2) is 0 Å². The van der Waals surface area contributed by atoms with Gasteiger partial charge in [-0.15, -0.1) is 0 Å². The van der Waals surface area contributed by atoms with Crippen LogP contribution in [0.2, 0.25) is 0 Å². The van der Waals surface area contributed by atoms with Crippen LogP contribution in [0.25, 0.3) is 0 Å². The molecule has 14 heavy (non-hydrogen) atoms. The summed E-state index contributed by atoms with van der Waals surface area (Å²) in [5.41, 5.74) is 4.40. The van der Waals surface area contributed by atoms with Crippen LogP contribution in [0.15, 0.2) is 18.2 Å². The molecule has 0 heterocycles. The van der Waals surface area contributed by atoms with E-state index in [1.807, 2.05) is 11.8 Å². The second kappa shape index (κ2) is 4.74. The molecule has 0 radical (unpaired) electrons. The molecule has 1 N–H and O–H groups in total. The van der Waals surface area contributed by atoms with Gasteiger partial charge in [-0.3, -0.25) is 0 Å². The van der Waals surface area contributed by atoms with E-state index in [1.54, 1.807) is 11.1 Å². The highest BCUT2D eigenvalue weighted by Gasteiger charge is 2.10. The van der Waals surface area contributed by atoms with Gasteiger partial charge in [0.2, 0.25) is 0 Å². The van der Waals surface area contributed by atoms with Gasteiger partial charge in [-0.1, -0.05) is 6.07 Å². The van der Waals surface area contributed by atoms with Gasteiger partial charge in [-0.2, -0.15) is 11.8 Å². The van der Waals surface area contributed by atoms with Crippen molar-refractivity contribution in [3.63, 3.8) is 0 Å². The molecular weight excluding hydrogens is 190 g/mol. The van der Waals surface area contributed by atoms with E-state index >= 15 is 0 Å². The molecule has 76 valence electrons. The van der Waals surface area contributed by atoms with Gasteiger partial charge in [0.1, 0.15) is 0 Å². The Bertz CT molecular complexity index is 309. The van der Waals surface area contributed by atoms with Gasteiger partial charge >= 0.3 is 0 Å².